The van der Waals surface area contributed by atoms with Gasteiger partial charge in [0.25, 0.3) is 11.7 Å². The van der Waals surface area contributed by atoms with E-state index in [4.69, 9.17) is 0 Å². The molecule has 3 heterocycles. The Bertz CT molecular complexity index is 949. The lowest BCUT2D eigenvalue weighted by Gasteiger charge is -2.07. The number of fused-ring (bicyclic) bond motifs is 3. The number of Topliss-reactive ketones (excluding diaryl/α,β-unsaturated/α-hetero) is 1. The van der Waals surface area contributed by atoms with Crippen molar-refractivity contribution in [3.8, 4) is 0 Å². The van der Waals surface area contributed by atoms with Crippen LogP contribution in [0.3, 0.4) is 0 Å². The number of hydrogen-bond acceptors (Lipinski definition) is 5. The molecule has 4 rings (SSSR count). The van der Waals surface area contributed by atoms with Gasteiger partial charge < -0.3 is 15.2 Å². The monoisotopic (exact) mass is 335 g/mol. The molecule has 7 heteroatoms. The van der Waals surface area contributed by atoms with E-state index in [0.717, 1.165) is 36.2 Å². The van der Waals surface area contributed by atoms with Crippen LogP contribution in [0.5, 0.6) is 0 Å². The molecule has 0 saturated heterocycles. The molecule has 126 valence electrons. The summed E-state index contributed by atoms with van der Waals surface area (Å²) >= 11 is 0. The highest BCUT2D eigenvalue weighted by molar-refractivity contribution is 6.48. The number of nitrogens with one attached hydrogen (secondary N) is 2. The van der Waals surface area contributed by atoms with Gasteiger partial charge in [0.1, 0.15) is 0 Å². The molecule has 0 unspecified atom stereocenters. The van der Waals surface area contributed by atoms with Gasteiger partial charge in [-0.25, -0.2) is 4.98 Å². The largest absolute Gasteiger partial charge is 0.343 e. The maximum absolute atomic E-state index is 12.9. The molecular weight excluding hydrogens is 318 g/mol. The molecule has 1 amide bonds. The number of para-hydroxylation sites is 1. The summed E-state index contributed by atoms with van der Waals surface area (Å²) in [6, 6.07) is 7.72. The first-order valence-electron chi connectivity index (χ1n) is 8.18. The van der Waals surface area contributed by atoms with Gasteiger partial charge in [-0.1, -0.05) is 18.2 Å². The molecule has 0 atom stereocenters. The molecule has 25 heavy (non-hydrogen) atoms. The van der Waals surface area contributed by atoms with Gasteiger partial charge in [0.15, 0.2) is 5.82 Å². The van der Waals surface area contributed by atoms with Crippen molar-refractivity contribution < 1.29 is 9.59 Å². The van der Waals surface area contributed by atoms with Gasteiger partial charge in [-0.2, -0.15) is 0 Å². The number of rotatable bonds is 3. The number of amides is 1. The van der Waals surface area contributed by atoms with Gasteiger partial charge in [0.2, 0.25) is 0 Å². The van der Waals surface area contributed by atoms with Gasteiger partial charge in [-0.15, -0.1) is 0 Å². The summed E-state index contributed by atoms with van der Waals surface area (Å²) in [6.07, 6.45) is 5.08. The number of hydrogen-bond donors (Lipinski definition) is 2. The van der Waals surface area contributed by atoms with Crippen LogP contribution in [-0.4, -0.2) is 39.3 Å². The maximum Gasteiger partial charge on any atom is 0.298 e. The van der Waals surface area contributed by atoms with Crippen LogP contribution >= 0.6 is 0 Å². The first-order chi connectivity index (χ1) is 12.3. The smallest absolute Gasteiger partial charge is 0.298 e. The summed E-state index contributed by atoms with van der Waals surface area (Å²) in [5, 5.41) is 6.68. The number of aromatic nitrogens is 3. The van der Waals surface area contributed by atoms with Gasteiger partial charge in [-0.3, -0.25) is 14.6 Å². The van der Waals surface area contributed by atoms with Crippen LogP contribution in [0.2, 0.25) is 0 Å². The Hall–Kier alpha value is -3.06. The van der Waals surface area contributed by atoms with Crippen LogP contribution in [0.15, 0.2) is 42.9 Å². The molecule has 2 aromatic heterocycles. The minimum atomic E-state index is -0.697. The lowest BCUT2D eigenvalue weighted by molar-refractivity contribution is -0.112. The Balaban J connectivity index is 1.76. The van der Waals surface area contributed by atoms with Crippen LogP contribution < -0.4 is 10.6 Å². The highest BCUT2D eigenvalue weighted by Gasteiger charge is 2.27. The molecule has 0 fully saturated rings. The molecule has 2 N–H and O–H groups in total. The Morgan fingerprint density at radius 3 is 2.88 bits per heavy atom. The number of benzene rings is 1. The van der Waals surface area contributed by atoms with Crippen molar-refractivity contribution in [2.75, 3.05) is 18.4 Å². The molecular formula is C18H17N5O2. The van der Waals surface area contributed by atoms with Gasteiger partial charge >= 0.3 is 0 Å². The molecule has 1 aliphatic rings. The van der Waals surface area contributed by atoms with Crippen molar-refractivity contribution in [1.82, 2.24) is 19.9 Å². The lowest BCUT2D eigenvalue weighted by Crippen LogP contribution is -2.24. The molecule has 1 aromatic carbocycles. The molecule has 0 radical (unpaired) electrons. The SMILES string of the molecule is O=C(Nc1cnccn1)C(=O)c1c2n(c3ccccc13)CCNCC2. The average Bonchev–Trinajstić information content (AvgIpc) is 2.79. The van der Waals surface area contributed by atoms with E-state index >= 15 is 0 Å². The van der Waals surface area contributed by atoms with E-state index in [1.54, 1.807) is 0 Å². The minimum absolute atomic E-state index is 0.261. The van der Waals surface area contributed by atoms with Crippen LogP contribution in [0.1, 0.15) is 16.1 Å². The van der Waals surface area contributed by atoms with E-state index in [1.807, 2.05) is 24.3 Å². The lowest BCUT2D eigenvalue weighted by atomic mass is 10.0. The minimum Gasteiger partial charge on any atom is -0.343 e. The number of ketones is 1. The number of anilines is 1. The van der Waals surface area contributed by atoms with Crippen LogP contribution in [0, 0.1) is 0 Å². The molecule has 0 saturated carbocycles. The number of nitrogens with zero attached hydrogens (tertiary/aromatic N) is 3. The highest BCUT2D eigenvalue weighted by Crippen LogP contribution is 2.28. The molecule has 0 spiro atoms. The van der Waals surface area contributed by atoms with Crippen molar-refractivity contribution in [3.63, 3.8) is 0 Å². The summed E-state index contributed by atoms with van der Waals surface area (Å²) in [5.41, 5.74) is 2.38. The normalized spacial score (nSPS) is 13.9. The first kappa shape index (κ1) is 15.5. The molecule has 0 aliphatic carbocycles. The van der Waals surface area contributed by atoms with E-state index in [-0.39, 0.29) is 5.82 Å². The third-order valence-electron chi connectivity index (χ3n) is 4.37. The predicted molar refractivity (Wildman–Crippen MR) is 93.5 cm³/mol. The van der Waals surface area contributed by atoms with Crippen molar-refractivity contribution in [1.29, 1.82) is 0 Å². The highest BCUT2D eigenvalue weighted by atomic mass is 16.2. The zero-order valence-electron chi connectivity index (χ0n) is 13.5. The van der Waals surface area contributed by atoms with E-state index in [0.29, 0.717) is 12.0 Å². The fourth-order valence-corrected chi connectivity index (χ4v) is 3.30. The van der Waals surface area contributed by atoms with E-state index in [2.05, 4.69) is 25.2 Å². The van der Waals surface area contributed by atoms with Crippen molar-refractivity contribution in [2.45, 2.75) is 13.0 Å². The third kappa shape index (κ3) is 2.78. The average molecular weight is 335 g/mol. The summed E-state index contributed by atoms with van der Waals surface area (Å²) in [4.78, 5) is 33.3. The number of carbonyl (C=O) groups excluding carboxylic acids is 2. The van der Waals surface area contributed by atoms with E-state index in [1.165, 1.54) is 18.6 Å². The first-order valence-corrected chi connectivity index (χ1v) is 8.18. The van der Waals surface area contributed by atoms with E-state index < -0.39 is 11.7 Å². The standard InChI is InChI=1S/C18H17N5O2/c24-17(18(25)22-15-11-20-7-8-21-15)16-12-3-1-2-4-13(12)23-10-9-19-6-5-14(16)23/h1-4,7-8,11,19H,5-6,9-10H2,(H,21,22,25). The van der Waals surface area contributed by atoms with Gasteiger partial charge in [0, 0.05) is 55.0 Å². The van der Waals surface area contributed by atoms with Crippen LogP contribution in [-0.2, 0) is 17.8 Å². The van der Waals surface area contributed by atoms with Crippen molar-refractivity contribution >= 4 is 28.4 Å². The van der Waals surface area contributed by atoms with E-state index in [9.17, 15) is 9.59 Å². The summed E-state index contributed by atoms with van der Waals surface area (Å²) in [6.45, 7) is 2.39. The van der Waals surface area contributed by atoms with Gasteiger partial charge in [0.05, 0.1) is 11.8 Å². The summed E-state index contributed by atoms with van der Waals surface area (Å²) in [7, 11) is 0. The molecule has 1 aliphatic heterocycles. The topological polar surface area (TPSA) is 88.9 Å². The zero-order chi connectivity index (χ0) is 17.2. The summed E-state index contributed by atoms with van der Waals surface area (Å²) < 4.78 is 2.14. The molecule has 7 nitrogen and oxygen atoms in total. The van der Waals surface area contributed by atoms with Crippen LogP contribution in [0.4, 0.5) is 5.82 Å². The Morgan fingerprint density at radius 1 is 1.16 bits per heavy atom. The Morgan fingerprint density at radius 2 is 2.04 bits per heavy atom. The maximum atomic E-state index is 12.9. The fourth-order valence-electron chi connectivity index (χ4n) is 3.30. The second kappa shape index (κ2) is 6.45. The Labute approximate surface area is 144 Å². The third-order valence-corrected chi connectivity index (χ3v) is 4.37. The summed E-state index contributed by atoms with van der Waals surface area (Å²) in [5.74, 6) is -0.980. The van der Waals surface area contributed by atoms with Crippen molar-refractivity contribution in [2.24, 2.45) is 0 Å². The molecule has 0 bridgehead atoms. The second-order valence-corrected chi connectivity index (χ2v) is 5.86. The van der Waals surface area contributed by atoms with Gasteiger partial charge in [-0.05, 0) is 6.07 Å². The van der Waals surface area contributed by atoms with Crippen molar-refractivity contribution in [3.05, 3.63) is 54.1 Å². The number of carbonyl (C=O) groups is 2. The molecule has 3 aromatic rings. The Kier molecular flexibility index (Phi) is 3.99. The zero-order valence-corrected chi connectivity index (χ0v) is 13.5. The quantitative estimate of drug-likeness (QED) is 0.558. The predicted octanol–water partition coefficient (Wildman–Crippen LogP) is 1.40. The fraction of sp³-hybridized carbons (Fsp3) is 0.222. The van der Waals surface area contributed by atoms with Crippen LogP contribution in [0.25, 0.3) is 10.9 Å². The second-order valence-electron chi connectivity index (χ2n) is 5.86.